The number of carbonyl (C=O) groups excluding carboxylic acids is 1. The standard InChI is InChI=1S/C21H19N3O5S/c1-15-22-23-20(29-15)14-28-21(25)11-8-16-6-9-18(10-7-16)30(26,27)24-13-12-17-4-2-3-5-19(17)24/h2-11H,12-14H2,1H3/b11-8+. The second-order valence-electron chi connectivity index (χ2n) is 6.68. The Bertz CT molecular complexity index is 1200. The molecule has 154 valence electrons. The average Bonchev–Trinajstić information content (AvgIpc) is 3.37. The van der Waals surface area contributed by atoms with Gasteiger partial charge in [-0.25, -0.2) is 13.2 Å². The van der Waals surface area contributed by atoms with E-state index >= 15 is 0 Å². The van der Waals surface area contributed by atoms with Gasteiger partial charge in [-0.05, 0) is 41.8 Å². The van der Waals surface area contributed by atoms with E-state index < -0.39 is 16.0 Å². The van der Waals surface area contributed by atoms with Crippen LogP contribution in [-0.4, -0.2) is 31.1 Å². The summed E-state index contributed by atoms with van der Waals surface area (Å²) in [5, 5.41) is 7.39. The van der Waals surface area contributed by atoms with Crippen LogP contribution in [0, 0.1) is 6.92 Å². The van der Waals surface area contributed by atoms with Gasteiger partial charge in [-0.1, -0.05) is 30.3 Å². The predicted octanol–water partition coefficient (Wildman–Crippen LogP) is 2.89. The van der Waals surface area contributed by atoms with Gasteiger partial charge in [0.05, 0.1) is 10.6 Å². The van der Waals surface area contributed by atoms with Crippen LogP contribution in [0.2, 0.25) is 0 Å². The minimum atomic E-state index is -3.64. The molecule has 0 bridgehead atoms. The first-order valence-electron chi connectivity index (χ1n) is 9.28. The summed E-state index contributed by atoms with van der Waals surface area (Å²) >= 11 is 0. The minimum absolute atomic E-state index is 0.113. The lowest BCUT2D eigenvalue weighted by molar-refractivity contribution is -0.139. The highest BCUT2D eigenvalue weighted by molar-refractivity contribution is 7.92. The highest BCUT2D eigenvalue weighted by atomic mass is 32.2. The van der Waals surface area contributed by atoms with E-state index in [4.69, 9.17) is 9.15 Å². The number of carbonyl (C=O) groups is 1. The van der Waals surface area contributed by atoms with Crippen molar-refractivity contribution in [2.24, 2.45) is 0 Å². The monoisotopic (exact) mass is 425 g/mol. The van der Waals surface area contributed by atoms with Gasteiger partial charge in [-0.3, -0.25) is 4.31 Å². The number of benzene rings is 2. The van der Waals surface area contributed by atoms with Crippen LogP contribution in [0.4, 0.5) is 5.69 Å². The third-order valence-electron chi connectivity index (χ3n) is 4.63. The van der Waals surface area contributed by atoms with Gasteiger partial charge in [0.15, 0.2) is 6.61 Å². The maximum absolute atomic E-state index is 13.0. The number of hydrogen-bond acceptors (Lipinski definition) is 7. The average molecular weight is 425 g/mol. The predicted molar refractivity (Wildman–Crippen MR) is 109 cm³/mol. The smallest absolute Gasteiger partial charge is 0.331 e. The van der Waals surface area contributed by atoms with E-state index in [0.29, 0.717) is 24.4 Å². The largest absolute Gasteiger partial charge is 0.452 e. The van der Waals surface area contributed by atoms with E-state index in [1.54, 1.807) is 25.1 Å². The van der Waals surface area contributed by atoms with E-state index in [1.165, 1.54) is 22.5 Å². The summed E-state index contributed by atoms with van der Waals surface area (Å²) < 4.78 is 37.6. The molecule has 1 aromatic heterocycles. The number of fused-ring (bicyclic) bond motifs is 1. The van der Waals surface area contributed by atoms with Crippen molar-refractivity contribution in [2.45, 2.75) is 24.8 Å². The molecule has 0 N–H and O–H groups in total. The van der Waals surface area contributed by atoms with Crippen molar-refractivity contribution in [3.63, 3.8) is 0 Å². The number of ether oxygens (including phenoxy) is 1. The van der Waals surface area contributed by atoms with Gasteiger partial charge in [0.2, 0.25) is 5.89 Å². The third kappa shape index (κ3) is 4.11. The van der Waals surface area contributed by atoms with E-state index in [0.717, 1.165) is 11.3 Å². The molecule has 3 aromatic rings. The van der Waals surface area contributed by atoms with Crippen LogP contribution in [-0.2, 0) is 32.6 Å². The number of para-hydroxylation sites is 1. The molecule has 0 unspecified atom stereocenters. The molecule has 8 nitrogen and oxygen atoms in total. The molecule has 0 aliphatic carbocycles. The highest BCUT2D eigenvalue weighted by Crippen LogP contribution is 2.32. The molecule has 2 aromatic carbocycles. The lowest BCUT2D eigenvalue weighted by Gasteiger charge is -2.19. The van der Waals surface area contributed by atoms with Crippen molar-refractivity contribution >= 4 is 27.8 Å². The zero-order chi connectivity index (χ0) is 21.1. The summed E-state index contributed by atoms with van der Waals surface area (Å²) in [6.45, 7) is 1.96. The van der Waals surface area contributed by atoms with Gasteiger partial charge in [-0.2, -0.15) is 0 Å². The Morgan fingerprint density at radius 1 is 1.17 bits per heavy atom. The zero-order valence-electron chi connectivity index (χ0n) is 16.2. The van der Waals surface area contributed by atoms with Gasteiger partial charge in [0.25, 0.3) is 15.9 Å². The van der Waals surface area contributed by atoms with Crippen molar-refractivity contribution in [3.05, 3.63) is 77.5 Å². The van der Waals surface area contributed by atoms with Crippen LogP contribution in [0.3, 0.4) is 0 Å². The van der Waals surface area contributed by atoms with Crippen molar-refractivity contribution in [3.8, 4) is 0 Å². The SMILES string of the molecule is Cc1nnc(COC(=O)/C=C/c2ccc(S(=O)(=O)N3CCc4ccccc43)cc2)o1. The number of nitrogens with zero attached hydrogens (tertiary/aromatic N) is 3. The Morgan fingerprint density at radius 2 is 1.93 bits per heavy atom. The summed E-state index contributed by atoms with van der Waals surface area (Å²) in [5.41, 5.74) is 2.41. The molecule has 0 spiro atoms. The Hall–Kier alpha value is -3.46. The molecule has 1 aliphatic heterocycles. The number of esters is 1. The van der Waals surface area contributed by atoms with Crippen LogP contribution in [0.15, 0.2) is 63.9 Å². The molecule has 1 aliphatic rings. The fraction of sp³-hybridized carbons (Fsp3) is 0.190. The molecule has 0 amide bonds. The molecule has 0 radical (unpaired) electrons. The molecule has 4 rings (SSSR count). The first-order valence-corrected chi connectivity index (χ1v) is 10.7. The molecular formula is C21H19N3O5S. The lowest BCUT2D eigenvalue weighted by atomic mass is 10.2. The van der Waals surface area contributed by atoms with Gasteiger partial charge in [-0.15, -0.1) is 10.2 Å². The van der Waals surface area contributed by atoms with Crippen LogP contribution in [0.25, 0.3) is 6.08 Å². The first-order chi connectivity index (χ1) is 14.4. The van der Waals surface area contributed by atoms with Crippen LogP contribution in [0.1, 0.15) is 22.9 Å². The molecule has 30 heavy (non-hydrogen) atoms. The van der Waals surface area contributed by atoms with Crippen LogP contribution >= 0.6 is 0 Å². The van der Waals surface area contributed by atoms with E-state index in [-0.39, 0.29) is 17.4 Å². The molecule has 0 saturated carbocycles. The van der Waals surface area contributed by atoms with Crippen LogP contribution in [0.5, 0.6) is 0 Å². The minimum Gasteiger partial charge on any atom is -0.452 e. The Morgan fingerprint density at radius 3 is 2.67 bits per heavy atom. The first kappa shape index (κ1) is 19.8. The summed E-state index contributed by atoms with van der Waals surface area (Å²) in [4.78, 5) is 12.0. The Balaban J connectivity index is 1.41. The molecule has 2 heterocycles. The molecule has 0 fully saturated rings. The van der Waals surface area contributed by atoms with E-state index in [1.807, 2.05) is 24.3 Å². The second-order valence-corrected chi connectivity index (χ2v) is 8.54. The van der Waals surface area contributed by atoms with Crippen molar-refractivity contribution < 1.29 is 22.4 Å². The maximum Gasteiger partial charge on any atom is 0.331 e. The number of anilines is 1. The third-order valence-corrected chi connectivity index (χ3v) is 6.46. The van der Waals surface area contributed by atoms with Gasteiger partial charge >= 0.3 is 5.97 Å². The van der Waals surface area contributed by atoms with Gasteiger partial charge < -0.3 is 9.15 Å². The number of sulfonamides is 1. The normalized spacial score (nSPS) is 13.6. The maximum atomic E-state index is 13.0. The van der Waals surface area contributed by atoms with Crippen LogP contribution < -0.4 is 4.31 Å². The molecular weight excluding hydrogens is 406 g/mol. The fourth-order valence-corrected chi connectivity index (χ4v) is 4.68. The Labute approximate surface area is 173 Å². The van der Waals surface area contributed by atoms with Gasteiger partial charge in [0, 0.05) is 19.5 Å². The van der Waals surface area contributed by atoms with Crippen molar-refractivity contribution in [1.82, 2.24) is 10.2 Å². The zero-order valence-corrected chi connectivity index (χ0v) is 17.0. The summed E-state index contributed by atoms with van der Waals surface area (Å²) in [5.74, 6) is 0.0348. The van der Waals surface area contributed by atoms with E-state index in [9.17, 15) is 13.2 Å². The van der Waals surface area contributed by atoms with Gasteiger partial charge in [0.1, 0.15) is 0 Å². The molecule has 0 atom stereocenters. The number of hydrogen-bond donors (Lipinski definition) is 0. The summed E-state index contributed by atoms with van der Waals surface area (Å²) in [6, 6.07) is 13.8. The number of aromatic nitrogens is 2. The summed E-state index contributed by atoms with van der Waals surface area (Å²) in [7, 11) is -3.64. The number of rotatable bonds is 6. The van der Waals surface area contributed by atoms with E-state index in [2.05, 4.69) is 10.2 Å². The quantitative estimate of drug-likeness (QED) is 0.442. The molecule has 0 saturated heterocycles. The topological polar surface area (TPSA) is 103 Å². The fourth-order valence-electron chi connectivity index (χ4n) is 3.18. The van der Waals surface area contributed by atoms with Crippen molar-refractivity contribution in [1.29, 1.82) is 0 Å². The Kier molecular flexibility index (Phi) is 5.37. The highest BCUT2D eigenvalue weighted by Gasteiger charge is 2.30. The van der Waals surface area contributed by atoms with Crippen molar-refractivity contribution in [2.75, 3.05) is 10.8 Å². The summed E-state index contributed by atoms with van der Waals surface area (Å²) in [6.07, 6.45) is 3.49. The molecule has 9 heteroatoms. The second kappa shape index (κ2) is 8.11. The number of aryl methyl sites for hydroxylation is 1. The lowest BCUT2D eigenvalue weighted by Crippen LogP contribution is -2.29.